The fourth-order valence-corrected chi connectivity index (χ4v) is 1.66. The van der Waals surface area contributed by atoms with Crippen LogP contribution in [0.15, 0.2) is 24.3 Å². The molecule has 0 fully saturated rings. The first kappa shape index (κ1) is 11.6. The van der Waals surface area contributed by atoms with Gasteiger partial charge in [0.25, 0.3) is 0 Å². The lowest BCUT2D eigenvalue weighted by Crippen LogP contribution is -2.05. The van der Waals surface area contributed by atoms with Crippen LogP contribution in [0.1, 0.15) is 21.6 Å². The fourth-order valence-electron chi connectivity index (χ4n) is 1.66. The molecule has 0 unspecified atom stereocenters. The molecule has 0 atom stereocenters. The quantitative estimate of drug-likeness (QED) is 0.714. The Labute approximate surface area is 95.1 Å². The summed E-state index contributed by atoms with van der Waals surface area (Å²) in [7, 11) is 0. The number of benzene rings is 1. The predicted octanol–water partition coefficient (Wildman–Crippen LogP) is 3.37. The van der Waals surface area contributed by atoms with Gasteiger partial charge in [-0.1, -0.05) is 0 Å². The van der Waals surface area contributed by atoms with Crippen LogP contribution in [0, 0.1) is 6.92 Å². The molecule has 0 aliphatic heterocycles. The third kappa shape index (κ3) is 2.13. The van der Waals surface area contributed by atoms with Crippen molar-refractivity contribution in [1.82, 2.24) is 4.98 Å². The van der Waals surface area contributed by atoms with Gasteiger partial charge in [0.05, 0.1) is 11.1 Å². The zero-order valence-electron chi connectivity index (χ0n) is 8.88. The Bertz CT molecular complexity index is 590. The number of pyridine rings is 1. The molecule has 1 aromatic heterocycles. The second-order valence-corrected chi connectivity index (χ2v) is 3.71. The van der Waals surface area contributed by atoms with E-state index in [-0.39, 0.29) is 5.69 Å². The van der Waals surface area contributed by atoms with E-state index in [4.69, 9.17) is 0 Å². The monoisotopic (exact) mass is 239 g/mol. The summed E-state index contributed by atoms with van der Waals surface area (Å²) >= 11 is 0. The summed E-state index contributed by atoms with van der Waals surface area (Å²) in [4.78, 5) is 14.5. The van der Waals surface area contributed by atoms with Crippen LogP contribution in [0.2, 0.25) is 0 Å². The SMILES string of the molecule is Cc1cc(C=O)nc2ccc(C(F)(F)F)cc12. The topological polar surface area (TPSA) is 30.0 Å². The standard InChI is InChI=1S/C12H8F3NO/c1-7-4-9(6-17)16-11-3-2-8(5-10(7)11)12(13,14)15/h2-6H,1H3. The van der Waals surface area contributed by atoms with Gasteiger partial charge in [-0.25, -0.2) is 4.98 Å². The molecular weight excluding hydrogens is 231 g/mol. The Morgan fingerprint density at radius 1 is 1.24 bits per heavy atom. The Balaban J connectivity index is 2.71. The number of nitrogens with zero attached hydrogens (tertiary/aromatic N) is 1. The number of halogens is 3. The highest BCUT2D eigenvalue weighted by Gasteiger charge is 2.30. The zero-order valence-corrected chi connectivity index (χ0v) is 8.88. The van der Waals surface area contributed by atoms with Gasteiger partial charge in [0.1, 0.15) is 5.69 Å². The van der Waals surface area contributed by atoms with Gasteiger partial charge in [0.2, 0.25) is 0 Å². The van der Waals surface area contributed by atoms with Crippen LogP contribution < -0.4 is 0 Å². The molecule has 0 saturated heterocycles. The van der Waals surface area contributed by atoms with Crippen molar-refractivity contribution < 1.29 is 18.0 Å². The second kappa shape index (κ2) is 3.84. The highest BCUT2D eigenvalue weighted by Crippen LogP contribution is 2.31. The van der Waals surface area contributed by atoms with Crippen molar-refractivity contribution in [3.63, 3.8) is 0 Å². The zero-order chi connectivity index (χ0) is 12.6. The normalized spacial score (nSPS) is 11.8. The van der Waals surface area contributed by atoms with Gasteiger partial charge in [-0.2, -0.15) is 13.2 Å². The molecule has 1 heterocycles. The first-order chi connectivity index (χ1) is 7.91. The molecule has 1 aromatic carbocycles. The first-order valence-corrected chi connectivity index (χ1v) is 4.85. The molecule has 2 rings (SSSR count). The molecule has 0 saturated carbocycles. The Kier molecular flexibility index (Phi) is 2.61. The minimum Gasteiger partial charge on any atom is -0.296 e. The molecule has 0 aliphatic rings. The van der Waals surface area contributed by atoms with Gasteiger partial charge in [-0.3, -0.25) is 4.79 Å². The minimum absolute atomic E-state index is 0.217. The van der Waals surface area contributed by atoms with E-state index in [0.29, 0.717) is 22.8 Å². The highest BCUT2D eigenvalue weighted by molar-refractivity contribution is 5.86. The number of carbonyl (C=O) groups is 1. The van der Waals surface area contributed by atoms with Gasteiger partial charge in [-0.05, 0) is 36.8 Å². The molecule has 0 aliphatic carbocycles. The van der Waals surface area contributed by atoms with Crippen LogP contribution in [0.5, 0.6) is 0 Å². The van der Waals surface area contributed by atoms with Crippen LogP contribution >= 0.6 is 0 Å². The molecule has 17 heavy (non-hydrogen) atoms. The summed E-state index contributed by atoms with van der Waals surface area (Å²) < 4.78 is 37.5. The number of alkyl halides is 3. The largest absolute Gasteiger partial charge is 0.416 e. The number of hydrogen-bond acceptors (Lipinski definition) is 2. The lowest BCUT2D eigenvalue weighted by atomic mass is 10.1. The van der Waals surface area contributed by atoms with Crippen LogP contribution in [-0.4, -0.2) is 11.3 Å². The summed E-state index contributed by atoms with van der Waals surface area (Å²) in [5.74, 6) is 0. The van der Waals surface area contributed by atoms with Crippen molar-refractivity contribution in [3.8, 4) is 0 Å². The number of aromatic nitrogens is 1. The molecule has 2 aromatic rings. The van der Waals surface area contributed by atoms with E-state index in [2.05, 4.69) is 4.98 Å². The molecule has 0 N–H and O–H groups in total. The van der Waals surface area contributed by atoms with E-state index in [9.17, 15) is 18.0 Å². The van der Waals surface area contributed by atoms with Crippen LogP contribution in [0.3, 0.4) is 0 Å². The summed E-state index contributed by atoms with van der Waals surface area (Å²) in [5, 5.41) is 0.408. The third-order valence-corrected chi connectivity index (χ3v) is 2.48. The molecule has 0 bridgehead atoms. The Morgan fingerprint density at radius 2 is 1.94 bits per heavy atom. The van der Waals surface area contributed by atoms with Crippen molar-refractivity contribution in [1.29, 1.82) is 0 Å². The highest BCUT2D eigenvalue weighted by atomic mass is 19.4. The van der Waals surface area contributed by atoms with Gasteiger partial charge in [0, 0.05) is 5.39 Å². The average Bonchev–Trinajstić information content (AvgIpc) is 2.27. The number of aldehydes is 1. The molecule has 2 nitrogen and oxygen atoms in total. The van der Waals surface area contributed by atoms with Gasteiger partial charge in [0.15, 0.2) is 6.29 Å². The van der Waals surface area contributed by atoms with E-state index in [1.54, 1.807) is 6.92 Å². The van der Waals surface area contributed by atoms with Crippen molar-refractivity contribution in [2.24, 2.45) is 0 Å². The summed E-state index contributed by atoms with van der Waals surface area (Å²) in [5.41, 5.74) is 0.492. The van der Waals surface area contributed by atoms with Crippen LogP contribution in [-0.2, 0) is 6.18 Å². The predicted molar refractivity (Wildman–Crippen MR) is 56.9 cm³/mol. The first-order valence-electron chi connectivity index (χ1n) is 4.85. The van der Waals surface area contributed by atoms with Crippen LogP contribution in [0.4, 0.5) is 13.2 Å². The lowest BCUT2D eigenvalue weighted by Gasteiger charge is -2.09. The van der Waals surface area contributed by atoms with E-state index < -0.39 is 11.7 Å². The van der Waals surface area contributed by atoms with Gasteiger partial charge < -0.3 is 0 Å². The molecule has 0 spiro atoms. The number of hydrogen-bond donors (Lipinski definition) is 0. The van der Waals surface area contributed by atoms with E-state index in [0.717, 1.165) is 12.1 Å². The van der Waals surface area contributed by atoms with E-state index in [1.165, 1.54) is 12.1 Å². The van der Waals surface area contributed by atoms with Crippen molar-refractivity contribution in [3.05, 3.63) is 41.1 Å². The maximum Gasteiger partial charge on any atom is 0.416 e. The molecule has 0 amide bonds. The maximum atomic E-state index is 12.5. The third-order valence-electron chi connectivity index (χ3n) is 2.48. The van der Waals surface area contributed by atoms with Gasteiger partial charge in [-0.15, -0.1) is 0 Å². The molecule has 0 radical (unpaired) electrons. The summed E-state index contributed by atoms with van der Waals surface area (Å²) in [6.07, 6.45) is -3.80. The fraction of sp³-hybridized carbons (Fsp3) is 0.167. The molecule has 88 valence electrons. The smallest absolute Gasteiger partial charge is 0.296 e. The van der Waals surface area contributed by atoms with Crippen LogP contribution in [0.25, 0.3) is 10.9 Å². The van der Waals surface area contributed by atoms with Crippen molar-refractivity contribution >= 4 is 17.2 Å². The summed E-state index contributed by atoms with van der Waals surface area (Å²) in [6.45, 7) is 1.65. The number of rotatable bonds is 1. The maximum absolute atomic E-state index is 12.5. The molecule has 5 heteroatoms. The Hall–Kier alpha value is -1.91. The van der Waals surface area contributed by atoms with E-state index in [1.807, 2.05) is 0 Å². The van der Waals surface area contributed by atoms with Crippen molar-refractivity contribution in [2.75, 3.05) is 0 Å². The molecular formula is C12H8F3NO. The van der Waals surface area contributed by atoms with Gasteiger partial charge >= 0.3 is 6.18 Å². The van der Waals surface area contributed by atoms with E-state index >= 15 is 0 Å². The Morgan fingerprint density at radius 3 is 2.53 bits per heavy atom. The summed E-state index contributed by atoms with van der Waals surface area (Å²) in [6, 6.07) is 4.75. The minimum atomic E-state index is -4.37. The number of carbonyl (C=O) groups excluding carboxylic acids is 1. The number of fused-ring (bicyclic) bond motifs is 1. The average molecular weight is 239 g/mol. The van der Waals surface area contributed by atoms with Crippen molar-refractivity contribution in [2.45, 2.75) is 13.1 Å². The second-order valence-electron chi connectivity index (χ2n) is 3.71. The number of aryl methyl sites for hydroxylation is 1. The lowest BCUT2D eigenvalue weighted by molar-refractivity contribution is -0.137.